The molecule has 6 nitrogen and oxygen atoms in total. The van der Waals surface area contributed by atoms with Gasteiger partial charge in [-0.1, -0.05) is 0 Å². The van der Waals surface area contributed by atoms with E-state index in [4.69, 9.17) is 4.74 Å². The van der Waals surface area contributed by atoms with Crippen molar-refractivity contribution in [3.05, 3.63) is 0 Å². The van der Waals surface area contributed by atoms with Gasteiger partial charge >= 0.3 is 12.0 Å². The standard InChI is InChI=1S/C13H22N2O4/c1-8(9-5-6-19-7-9)14-12(18)15-13(2,11(16)17)10-3-4-10/h8-10H,3-7H2,1-2H3,(H,16,17)(H2,14,15,18). The van der Waals surface area contributed by atoms with Crippen LogP contribution in [0, 0.1) is 11.8 Å². The van der Waals surface area contributed by atoms with Crippen LogP contribution in [0.25, 0.3) is 0 Å². The first-order valence-electron chi connectivity index (χ1n) is 6.83. The number of hydrogen-bond donors (Lipinski definition) is 3. The van der Waals surface area contributed by atoms with E-state index in [2.05, 4.69) is 10.6 Å². The molecule has 0 aromatic rings. The maximum Gasteiger partial charge on any atom is 0.329 e. The van der Waals surface area contributed by atoms with Gasteiger partial charge in [-0.05, 0) is 39.0 Å². The molecule has 1 aliphatic heterocycles. The zero-order valence-electron chi connectivity index (χ0n) is 11.4. The van der Waals surface area contributed by atoms with Gasteiger partial charge in [0.25, 0.3) is 0 Å². The second kappa shape index (κ2) is 5.36. The number of urea groups is 1. The second-order valence-electron chi connectivity index (χ2n) is 5.79. The number of amides is 2. The van der Waals surface area contributed by atoms with Crippen LogP contribution in [-0.4, -0.2) is 41.9 Å². The second-order valence-corrected chi connectivity index (χ2v) is 5.79. The number of nitrogens with one attached hydrogen (secondary N) is 2. The lowest BCUT2D eigenvalue weighted by Crippen LogP contribution is -2.58. The monoisotopic (exact) mass is 270 g/mol. The van der Waals surface area contributed by atoms with E-state index in [1.165, 1.54) is 0 Å². The Hall–Kier alpha value is -1.30. The molecule has 6 heteroatoms. The van der Waals surface area contributed by atoms with Crippen molar-refractivity contribution in [1.29, 1.82) is 0 Å². The van der Waals surface area contributed by atoms with Gasteiger partial charge in [0.2, 0.25) is 0 Å². The third-order valence-corrected chi connectivity index (χ3v) is 4.24. The van der Waals surface area contributed by atoms with E-state index in [0.29, 0.717) is 12.5 Å². The number of hydrogen-bond acceptors (Lipinski definition) is 3. The lowest BCUT2D eigenvalue weighted by Gasteiger charge is -2.28. The molecule has 0 aromatic carbocycles. The Morgan fingerprint density at radius 3 is 2.53 bits per heavy atom. The zero-order chi connectivity index (χ0) is 14.0. The van der Waals surface area contributed by atoms with E-state index in [0.717, 1.165) is 25.9 Å². The quantitative estimate of drug-likeness (QED) is 0.694. The number of carboxylic acid groups (broad SMARTS) is 1. The Morgan fingerprint density at radius 1 is 1.37 bits per heavy atom. The SMILES string of the molecule is CC(NC(=O)NC(C)(C(=O)O)C1CC1)C1CCOC1. The third-order valence-electron chi connectivity index (χ3n) is 4.24. The van der Waals surface area contributed by atoms with E-state index >= 15 is 0 Å². The molecule has 2 aliphatic rings. The van der Waals surface area contributed by atoms with Gasteiger partial charge in [-0.3, -0.25) is 0 Å². The molecule has 3 atom stereocenters. The van der Waals surface area contributed by atoms with Crippen LogP contribution >= 0.6 is 0 Å². The van der Waals surface area contributed by atoms with Gasteiger partial charge in [-0.2, -0.15) is 0 Å². The molecule has 0 radical (unpaired) electrons. The highest BCUT2D eigenvalue weighted by Crippen LogP contribution is 2.39. The van der Waals surface area contributed by atoms with Crippen molar-refractivity contribution in [2.75, 3.05) is 13.2 Å². The van der Waals surface area contributed by atoms with E-state index < -0.39 is 17.5 Å². The minimum Gasteiger partial charge on any atom is -0.480 e. The highest BCUT2D eigenvalue weighted by Gasteiger charge is 2.48. The fraction of sp³-hybridized carbons (Fsp3) is 0.846. The molecular formula is C13H22N2O4. The van der Waals surface area contributed by atoms with Gasteiger partial charge in [0.15, 0.2) is 0 Å². The number of ether oxygens (including phenoxy) is 1. The van der Waals surface area contributed by atoms with Crippen LogP contribution in [0.3, 0.4) is 0 Å². The minimum absolute atomic E-state index is 0.0141. The summed E-state index contributed by atoms with van der Waals surface area (Å²) < 4.78 is 5.28. The van der Waals surface area contributed by atoms with Crippen molar-refractivity contribution in [2.24, 2.45) is 11.8 Å². The average Bonchev–Trinajstić information content (AvgIpc) is 3.04. The van der Waals surface area contributed by atoms with Crippen LogP contribution in [0.1, 0.15) is 33.1 Å². The summed E-state index contributed by atoms with van der Waals surface area (Å²) >= 11 is 0. The van der Waals surface area contributed by atoms with Crippen molar-refractivity contribution < 1.29 is 19.4 Å². The predicted octanol–water partition coefficient (Wildman–Crippen LogP) is 0.964. The Morgan fingerprint density at radius 2 is 2.05 bits per heavy atom. The third kappa shape index (κ3) is 3.18. The highest BCUT2D eigenvalue weighted by molar-refractivity contribution is 5.86. The topological polar surface area (TPSA) is 87.7 Å². The summed E-state index contributed by atoms with van der Waals surface area (Å²) in [5.41, 5.74) is -1.16. The largest absolute Gasteiger partial charge is 0.480 e. The molecule has 3 N–H and O–H groups in total. The van der Waals surface area contributed by atoms with Crippen molar-refractivity contribution >= 4 is 12.0 Å². The van der Waals surface area contributed by atoms with Crippen LogP contribution < -0.4 is 10.6 Å². The summed E-state index contributed by atoms with van der Waals surface area (Å²) in [6.45, 7) is 4.89. The molecule has 1 aliphatic carbocycles. The van der Waals surface area contributed by atoms with Gasteiger partial charge in [-0.25, -0.2) is 9.59 Å². The van der Waals surface area contributed by atoms with Gasteiger partial charge in [0, 0.05) is 18.6 Å². The smallest absolute Gasteiger partial charge is 0.329 e. The van der Waals surface area contributed by atoms with Crippen molar-refractivity contribution in [2.45, 2.75) is 44.7 Å². The Labute approximate surface area is 112 Å². The molecule has 108 valence electrons. The molecule has 2 rings (SSSR count). The summed E-state index contributed by atoms with van der Waals surface area (Å²) in [4.78, 5) is 23.3. The van der Waals surface area contributed by atoms with Gasteiger partial charge in [0.05, 0.1) is 6.61 Å². The normalized spacial score (nSPS) is 27.4. The molecule has 2 fully saturated rings. The number of carboxylic acids is 1. The number of carbonyl (C=O) groups excluding carboxylic acids is 1. The van der Waals surface area contributed by atoms with Crippen LogP contribution in [0.5, 0.6) is 0 Å². The minimum atomic E-state index is -1.16. The average molecular weight is 270 g/mol. The van der Waals surface area contributed by atoms with Crippen molar-refractivity contribution in [3.63, 3.8) is 0 Å². The predicted molar refractivity (Wildman–Crippen MR) is 68.8 cm³/mol. The number of aliphatic carboxylic acids is 1. The number of carbonyl (C=O) groups is 2. The molecule has 1 heterocycles. The summed E-state index contributed by atoms with van der Waals surface area (Å²) in [7, 11) is 0. The first kappa shape index (κ1) is 14.1. The molecule has 2 amide bonds. The van der Waals surface area contributed by atoms with Crippen LogP contribution in [0.15, 0.2) is 0 Å². The Balaban J connectivity index is 1.87. The van der Waals surface area contributed by atoms with Gasteiger partial charge in [0.1, 0.15) is 5.54 Å². The number of rotatable bonds is 5. The van der Waals surface area contributed by atoms with Crippen molar-refractivity contribution in [3.8, 4) is 0 Å². The van der Waals surface area contributed by atoms with Crippen molar-refractivity contribution in [1.82, 2.24) is 10.6 Å². The van der Waals surface area contributed by atoms with Crippen LogP contribution in [-0.2, 0) is 9.53 Å². The fourth-order valence-corrected chi connectivity index (χ4v) is 2.53. The van der Waals surface area contributed by atoms with Crippen LogP contribution in [0.4, 0.5) is 4.79 Å². The Bertz CT molecular complexity index is 364. The van der Waals surface area contributed by atoms with E-state index in [9.17, 15) is 14.7 Å². The molecule has 1 saturated heterocycles. The first-order valence-corrected chi connectivity index (χ1v) is 6.83. The molecular weight excluding hydrogens is 248 g/mol. The fourth-order valence-electron chi connectivity index (χ4n) is 2.53. The summed E-state index contributed by atoms with van der Waals surface area (Å²) in [6.07, 6.45) is 2.64. The van der Waals surface area contributed by atoms with E-state index in [-0.39, 0.29) is 12.0 Å². The Kier molecular flexibility index (Phi) is 3.99. The maximum absolute atomic E-state index is 11.9. The summed E-state index contributed by atoms with van der Waals surface area (Å²) in [6, 6.07) is -0.420. The van der Waals surface area contributed by atoms with Gasteiger partial charge in [-0.15, -0.1) is 0 Å². The molecule has 3 unspecified atom stereocenters. The summed E-state index contributed by atoms with van der Waals surface area (Å²) in [5, 5.41) is 14.7. The lowest BCUT2D eigenvalue weighted by molar-refractivity contribution is -0.144. The lowest BCUT2D eigenvalue weighted by atomic mass is 9.96. The molecule has 0 spiro atoms. The van der Waals surface area contributed by atoms with E-state index in [1.807, 2.05) is 6.92 Å². The first-order chi connectivity index (χ1) is 8.93. The molecule has 0 aromatic heterocycles. The molecule has 1 saturated carbocycles. The van der Waals surface area contributed by atoms with Gasteiger partial charge < -0.3 is 20.5 Å². The highest BCUT2D eigenvalue weighted by atomic mass is 16.5. The van der Waals surface area contributed by atoms with Crippen LogP contribution in [0.2, 0.25) is 0 Å². The summed E-state index contributed by atoms with van der Waals surface area (Å²) in [5.74, 6) is -0.620. The zero-order valence-corrected chi connectivity index (χ0v) is 11.4. The maximum atomic E-state index is 11.9. The molecule has 19 heavy (non-hydrogen) atoms. The van der Waals surface area contributed by atoms with E-state index in [1.54, 1.807) is 6.92 Å². The molecule has 0 bridgehead atoms.